The molecule has 0 saturated heterocycles. The van der Waals surface area contributed by atoms with Crippen LogP contribution in [0.2, 0.25) is 0 Å². The first-order valence-corrected chi connectivity index (χ1v) is 28.4. The van der Waals surface area contributed by atoms with E-state index < -0.39 is 29.5 Å². The summed E-state index contributed by atoms with van der Waals surface area (Å²) in [6.45, 7) is 0. The molecule has 0 bridgehead atoms. The monoisotopic (exact) mass is 1100 g/mol. The van der Waals surface area contributed by atoms with Gasteiger partial charge in [0.25, 0.3) is 0 Å². The lowest BCUT2D eigenvalue weighted by Gasteiger charge is -2.11. The summed E-state index contributed by atoms with van der Waals surface area (Å²) in [7, 11) is -11.6. The zero-order valence-corrected chi connectivity index (χ0v) is 43.8. The zero-order chi connectivity index (χ0) is 55.0. The van der Waals surface area contributed by atoms with Gasteiger partial charge >= 0.3 is 0 Å². The highest BCUT2D eigenvalue weighted by Gasteiger charge is 2.21. The molecular weight excluding hydrogens is 1060 g/mol. The van der Waals surface area contributed by atoms with Gasteiger partial charge in [0, 0.05) is 23.3 Å². The summed E-state index contributed by atoms with van der Waals surface area (Å²) in [6.07, 6.45) is 11.0. The minimum absolute atomic E-state index is 0.0454. The summed E-state index contributed by atoms with van der Waals surface area (Å²) in [5, 5.41) is 0. The summed E-state index contributed by atoms with van der Waals surface area (Å²) >= 11 is 0. The first-order valence-electron chi connectivity index (χ1n) is 24.0. The predicted octanol–water partition coefficient (Wildman–Crippen LogP) is 14.9. The standard InChI is InChI=1S/C64H42O12S3/c1-3-45-9-5-11-53(41-45)71-47-17-29-59(30-18-47)77(65,66)61-33-21-49(22-34-61)73-55-13-7-15-57(43-55)75-51-25-37-63(38-26-51)79(69,70)64-39-27-52(28-40-64)76-58-16-8-14-56(44-58)74-50-23-35-62(36-24-50)78(67,68)60-31-19-48(20-32-60)72-54-12-6-10-46(4-2)42-54/h1-2,5-44H. The van der Waals surface area contributed by atoms with Crippen molar-refractivity contribution >= 4 is 29.5 Å². The molecular formula is C64H42O12S3. The number of hydrogen-bond donors (Lipinski definition) is 0. The van der Waals surface area contributed by atoms with E-state index >= 15 is 0 Å². The van der Waals surface area contributed by atoms with Crippen LogP contribution in [-0.2, 0) is 29.5 Å². The number of rotatable bonds is 18. The molecule has 0 fully saturated rings. The Balaban J connectivity index is 0.711. The fourth-order valence-electron chi connectivity index (χ4n) is 7.85. The topological polar surface area (TPSA) is 158 Å². The van der Waals surface area contributed by atoms with Gasteiger partial charge in [-0.25, -0.2) is 25.3 Å². The van der Waals surface area contributed by atoms with Crippen molar-refractivity contribution < 1.29 is 53.7 Å². The second-order valence-electron chi connectivity index (χ2n) is 17.2. The van der Waals surface area contributed by atoms with Gasteiger partial charge in [-0.15, -0.1) is 12.8 Å². The van der Waals surface area contributed by atoms with E-state index in [0.29, 0.717) is 80.1 Å². The first-order chi connectivity index (χ1) is 38.2. The van der Waals surface area contributed by atoms with Crippen molar-refractivity contribution in [3.8, 4) is 93.7 Å². The average Bonchev–Trinajstić information content (AvgIpc) is 3.50. The van der Waals surface area contributed by atoms with Gasteiger partial charge in [0.1, 0.15) is 69.0 Å². The Bertz CT molecular complexity index is 3990. The molecule has 10 rings (SSSR count). The molecule has 0 atom stereocenters. The molecule has 0 spiro atoms. The highest BCUT2D eigenvalue weighted by atomic mass is 32.2. The van der Waals surface area contributed by atoms with E-state index in [1.807, 2.05) is 0 Å². The maximum absolute atomic E-state index is 13.7. The van der Waals surface area contributed by atoms with Crippen LogP contribution in [0, 0.1) is 24.7 Å². The van der Waals surface area contributed by atoms with Crippen molar-refractivity contribution in [1.82, 2.24) is 0 Å². The molecule has 0 N–H and O–H groups in total. The Labute approximate surface area is 457 Å². The van der Waals surface area contributed by atoms with E-state index in [0.717, 1.165) is 0 Å². The molecule has 79 heavy (non-hydrogen) atoms. The molecule has 0 aliphatic carbocycles. The lowest BCUT2D eigenvalue weighted by atomic mass is 10.2. The zero-order valence-electron chi connectivity index (χ0n) is 41.4. The van der Waals surface area contributed by atoms with Gasteiger partial charge in [0.15, 0.2) is 0 Å². The largest absolute Gasteiger partial charge is 0.457 e. The van der Waals surface area contributed by atoms with Crippen molar-refractivity contribution in [3.63, 3.8) is 0 Å². The number of terminal acetylenes is 2. The second-order valence-corrected chi connectivity index (χ2v) is 23.1. The molecule has 0 amide bonds. The molecule has 0 aliphatic heterocycles. The van der Waals surface area contributed by atoms with Crippen molar-refractivity contribution in [2.75, 3.05) is 0 Å². The molecule has 0 unspecified atom stereocenters. The third-order valence-corrected chi connectivity index (χ3v) is 17.2. The fraction of sp³-hybridized carbons (Fsp3) is 0. The van der Waals surface area contributed by atoms with Gasteiger partial charge < -0.3 is 28.4 Å². The average molecular weight is 1100 g/mol. The molecule has 0 saturated carbocycles. The van der Waals surface area contributed by atoms with Crippen molar-refractivity contribution in [2.45, 2.75) is 29.4 Å². The molecule has 10 aromatic carbocycles. The van der Waals surface area contributed by atoms with E-state index in [2.05, 4.69) is 11.8 Å². The van der Waals surface area contributed by atoms with Crippen molar-refractivity contribution in [3.05, 3.63) is 254 Å². The van der Waals surface area contributed by atoms with Gasteiger partial charge in [-0.1, -0.05) is 36.1 Å². The summed E-state index contributed by atoms with van der Waals surface area (Å²) in [5.74, 6) is 10.2. The second kappa shape index (κ2) is 22.7. The Morgan fingerprint density at radius 3 is 0.595 bits per heavy atom. The smallest absolute Gasteiger partial charge is 0.206 e. The van der Waals surface area contributed by atoms with Crippen LogP contribution in [0.3, 0.4) is 0 Å². The van der Waals surface area contributed by atoms with E-state index in [4.69, 9.17) is 41.3 Å². The maximum atomic E-state index is 13.7. The minimum Gasteiger partial charge on any atom is -0.457 e. The van der Waals surface area contributed by atoms with Gasteiger partial charge in [0.05, 0.1) is 29.4 Å². The third kappa shape index (κ3) is 12.5. The Morgan fingerprint density at radius 1 is 0.228 bits per heavy atom. The summed E-state index contributed by atoms with van der Waals surface area (Å²) < 4.78 is 117. The van der Waals surface area contributed by atoms with Crippen molar-refractivity contribution in [2.24, 2.45) is 0 Å². The summed E-state index contributed by atoms with van der Waals surface area (Å²) in [5.41, 5.74) is 1.32. The van der Waals surface area contributed by atoms with Crippen LogP contribution in [-0.4, -0.2) is 25.3 Å². The highest BCUT2D eigenvalue weighted by Crippen LogP contribution is 2.35. The van der Waals surface area contributed by atoms with Crippen LogP contribution < -0.4 is 28.4 Å². The van der Waals surface area contributed by atoms with E-state index in [1.165, 1.54) is 72.8 Å². The van der Waals surface area contributed by atoms with Crippen LogP contribution in [0.5, 0.6) is 69.0 Å². The quantitative estimate of drug-likeness (QED) is 0.0750. The van der Waals surface area contributed by atoms with E-state index in [9.17, 15) is 25.3 Å². The molecule has 0 radical (unpaired) electrons. The maximum Gasteiger partial charge on any atom is 0.206 e. The lowest BCUT2D eigenvalue weighted by molar-refractivity contribution is 0.459. The number of benzene rings is 10. The molecule has 0 heterocycles. The van der Waals surface area contributed by atoms with Gasteiger partial charge in [-0.3, -0.25) is 0 Å². The minimum atomic E-state index is -3.93. The van der Waals surface area contributed by atoms with Crippen LogP contribution >= 0.6 is 0 Å². The normalized spacial score (nSPS) is 11.3. The predicted molar refractivity (Wildman–Crippen MR) is 297 cm³/mol. The molecule has 15 heteroatoms. The first kappa shape index (κ1) is 52.4. The fourth-order valence-corrected chi connectivity index (χ4v) is 11.6. The van der Waals surface area contributed by atoms with Crippen LogP contribution in [0.4, 0.5) is 0 Å². The van der Waals surface area contributed by atoms with E-state index in [-0.39, 0.29) is 29.4 Å². The van der Waals surface area contributed by atoms with Crippen molar-refractivity contribution in [1.29, 1.82) is 0 Å². The summed E-state index contributed by atoms with van der Waals surface area (Å²) in [6, 6.07) is 63.9. The molecule has 10 aromatic rings. The highest BCUT2D eigenvalue weighted by molar-refractivity contribution is 7.92. The third-order valence-electron chi connectivity index (χ3n) is 11.8. The molecule has 0 aliphatic rings. The Morgan fingerprint density at radius 2 is 0.405 bits per heavy atom. The van der Waals surface area contributed by atoms with Gasteiger partial charge in [0.2, 0.25) is 29.5 Å². The Kier molecular flexibility index (Phi) is 15.0. The molecule has 12 nitrogen and oxygen atoms in total. The lowest BCUT2D eigenvalue weighted by Crippen LogP contribution is -2.02. The molecule has 0 aromatic heterocycles. The number of ether oxygens (including phenoxy) is 6. The molecule has 388 valence electrons. The van der Waals surface area contributed by atoms with Gasteiger partial charge in [-0.2, -0.15) is 0 Å². The Hall–Kier alpha value is -10.0. The van der Waals surface area contributed by atoms with Crippen LogP contribution in [0.25, 0.3) is 0 Å². The summed E-state index contributed by atoms with van der Waals surface area (Å²) in [4.78, 5) is 0.424. The van der Waals surface area contributed by atoms with Crippen LogP contribution in [0.1, 0.15) is 11.1 Å². The number of sulfone groups is 3. The van der Waals surface area contributed by atoms with Crippen LogP contribution in [0.15, 0.2) is 272 Å². The van der Waals surface area contributed by atoms with E-state index in [1.54, 1.807) is 170 Å². The number of hydrogen-bond acceptors (Lipinski definition) is 12. The van der Waals surface area contributed by atoms with Gasteiger partial charge in [-0.05, 0) is 206 Å². The SMILES string of the molecule is C#Cc1cccc(Oc2ccc(S(=O)(=O)c3ccc(Oc4cccc(Oc5ccc(S(=O)(=O)c6ccc(Oc7cccc(Oc8ccc(S(=O)(=O)c9ccc(Oc%10cccc(C#C)c%10)cc9)cc8)c7)cc6)cc5)c4)cc3)cc2)c1.